The third-order valence-electron chi connectivity index (χ3n) is 1.82. The topological polar surface area (TPSA) is 83.8 Å². The van der Waals surface area contributed by atoms with Gasteiger partial charge in [0, 0.05) is 0 Å². The van der Waals surface area contributed by atoms with Crippen LogP contribution in [0.25, 0.3) is 0 Å². The summed E-state index contributed by atoms with van der Waals surface area (Å²) in [4.78, 5) is 28.7. The molecule has 0 amide bonds. The lowest BCUT2D eigenvalue weighted by Crippen LogP contribution is -2.04. The van der Waals surface area contributed by atoms with E-state index in [1.165, 1.54) is 12.1 Å². The highest BCUT2D eigenvalue weighted by Crippen LogP contribution is 2.44. The molecule has 0 bridgehead atoms. The summed E-state index contributed by atoms with van der Waals surface area (Å²) in [6, 6.07) is 6.39. The van der Waals surface area contributed by atoms with Crippen molar-refractivity contribution in [2.45, 2.75) is 6.92 Å². The maximum atomic E-state index is 11.4. The van der Waals surface area contributed by atoms with Crippen LogP contribution in [0, 0.1) is 6.92 Å². The Balaban J connectivity index is 2.78. The van der Waals surface area contributed by atoms with Crippen molar-refractivity contribution in [3.05, 3.63) is 47.5 Å². The SMILES string of the molecule is C=C(OC(=O)c1ccc(C)cc1)P(=O)(O)O. The van der Waals surface area contributed by atoms with Crippen LogP contribution in [0.15, 0.2) is 36.3 Å². The first-order valence-corrected chi connectivity index (χ1v) is 5.96. The van der Waals surface area contributed by atoms with Gasteiger partial charge in [0.2, 0.25) is 5.50 Å². The Morgan fingerprint density at radius 1 is 1.31 bits per heavy atom. The molecule has 86 valence electrons. The first-order chi connectivity index (χ1) is 7.30. The fourth-order valence-corrected chi connectivity index (χ4v) is 1.12. The molecule has 0 saturated carbocycles. The molecule has 0 unspecified atom stereocenters. The van der Waals surface area contributed by atoms with Gasteiger partial charge in [-0.1, -0.05) is 17.7 Å². The fraction of sp³-hybridized carbons (Fsp3) is 0.100. The molecule has 0 radical (unpaired) electrons. The minimum absolute atomic E-state index is 0.209. The smallest absolute Gasteiger partial charge is 0.390 e. The Morgan fingerprint density at radius 2 is 1.81 bits per heavy atom. The maximum Gasteiger partial charge on any atom is 0.390 e. The summed E-state index contributed by atoms with van der Waals surface area (Å²) >= 11 is 0. The summed E-state index contributed by atoms with van der Waals surface area (Å²) in [7, 11) is -4.58. The molecule has 0 heterocycles. The fourth-order valence-electron chi connectivity index (χ4n) is 0.915. The minimum Gasteiger partial charge on any atom is -0.415 e. The second kappa shape index (κ2) is 4.61. The largest absolute Gasteiger partial charge is 0.415 e. The number of carbonyl (C=O) groups excluding carboxylic acids is 1. The van der Waals surface area contributed by atoms with Gasteiger partial charge < -0.3 is 14.5 Å². The lowest BCUT2D eigenvalue weighted by atomic mass is 10.2. The van der Waals surface area contributed by atoms with Gasteiger partial charge in [-0.05, 0) is 25.6 Å². The van der Waals surface area contributed by atoms with Gasteiger partial charge in [-0.25, -0.2) is 4.79 Å². The molecular weight excluding hydrogens is 231 g/mol. The Morgan fingerprint density at radius 3 is 2.25 bits per heavy atom. The summed E-state index contributed by atoms with van der Waals surface area (Å²) in [5.74, 6) is -0.840. The molecule has 0 aliphatic rings. The zero-order valence-electron chi connectivity index (χ0n) is 8.58. The van der Waals surface area contributed by atoms with Crippen LogP contribution < -0.4 is 0 Å². The Bertz CT molecular complexity index is 457. The van der Waals surface area contributed by atoms with Crippen molar-refractivity contribution in [1.82, 2.24) is 0 Å². The summed E-state index contributed by atoms with van der Waals surface area (Å²) in [6.07, 6.45) is 0. The van der Waals surface area contributed by atoms with Gasteiger partial charge in [0.15, 0.2) is 0 Å². The van der Waals surface area contributed by atoms with Crippen molar-refractivity contribution in [3.63, 3.8) is 0 Å². The van der Waals surface area contributed by atoms with Gasteiger partial charge in [-0.2, -0.15) is 0 Å². The van der Waals surface area contributed by atoms with Crippen LogP contribution in [0.4, 0.5) is 0 Å². The highest BCUT2D eigenvalue weighted by molar-refractivity contribution is 7.56. The predicted octanol–water partition coefficient (Wildman–Crippen LogP) is 1.80. The molecule has 0 saturated heterocycles. The molecule has 16 heavy (non-hydrogen) atoms. The Labute approximate surface area is 92.5 Å². The molecule has 0 aliphatic carbocycles. The van der Waals surface area contributed by atoms with Gasteiger partial charge in [-0.3, -0.25) is 4.57 Å². The van der Waals surface area contributed by atoms with Crippen molar-refractivity contribution in [1.29, 1.82) is 0 Å². The average Bonchev–Trinajstić information content (AvgIpc) is 2.17. The molecule has 0 spiro atoms. The van der Waals surface area contributed by atoms with Crippen molar-refractivity contribution < 1.29 is 23.9 Å². The number of aryl methyl sites for hydroxylation is 1. The maximum absolute atomic E-state index is 11.4. The van der Waals surface area contributed by atoms with Gasteiger partial charge in [0.25, 0.3) is 0 Å². The molecule has 1 rings (SSSR count). The van der Waals surface area contributed by atoms with E-state index in [4.69, 9.17) is 9.79 Å². The van der Waals surface area contributed by atoms with Gasteiger partial charge in [0.05, 0.1) is 5.56 Å². The molecule has 1 aromatic rings. The van der Waals surface area contributed by atoms with Crippen molar-refractivity contribution >= 4 is 13.6 Å². The van der Waals surface area contributed by atoms with Crippen molar-refractivity contribution in [2.24, 2.45) is 0 Å². The third kappa shape index (κ3) is 3.31. The van der Waals surface area contributed by atoms with Gasteiger partial charge >= 0.3 is 13.6 Å². The van der Waals surface area contributed by atoms with Crippen molar-refractivity contribution in [3.8, 4) is 0 Å². The molecule has 5 nitrogen and oxygen atoms in total. The molecule has 6 heteroatoms. The lowest BCUT2D eigenvalue weighted by Gasteiger charge is -2.08. The first-order valence-electron chi connectivity index (χ1n) is 4.34. The van der Waals surface area contributed by atoms with E-state index in [0.717, 1.165) is 5.56 Å². The van der Waals surface area contributed by atoms with E-state index >= 15 is 0 Å². The van der Waals surface area contributed by atoms with Crippen LogP contribution in [0.1, 0.15) is 15.9 Å². The van der Waals surface area contributed by atoms with Gasteiger partial charge in [-0.15, -0.1) is 0 Å². The monoisotopic (exact) mass is 242 g/mol. The standard InChI is InChI=1S/C10H11O5P/c1-7-3-5-9(6-4-7)10(11)15-8(2)16(12,13)14/h3-6H,2H2,1H3,(H2,12,13,14). The molecule has 0 fully saturated rings. The minimum atomic E-state index is -4.58. The molecule has 0 aromatic heterocycles. The third-order valence-corrected chi connectivity index (χ3v) is 2.56. The number of ether oxygens (including phenoxy) is 1. The number of esters is 1. The van der Waals surface area contributed by atoms with Crippen LogP contribution in [-0.2, 0) is 9.30 Å². The van der Waals surface area contributed by atoms with E-state index in [-0.39, 0.29) is 5.56 Å². The molecule has 2 N–H and O–H groups in total. The molecule has 0 aliphatic heterocycles. The van der Waals surface area contributed by atoms with E-state index < -0.39 is 19.1 Å². The van der Waals surface area contributed by atoms with E-state index in [1.807, 2.05) is 6.92 Å². The summed E-state index contributed by atoms with van der Waals surface area (Å²) in [5, 5.41) is 0. The van der Waals surface area contributed by atoms with Crippen LogP contribution in [0.3, 0.4) is 0 Å². The van der Waals surface area contributed by atoms with E-state index in [1.54, 1.807) is 12.1 Å². The molecule has 0 atom stereocenters. The predicted molar refractivity (Wildman–Crippen MR) is 57.8 cm³/mol. The highest BCUT2D eigenvalue weighted by atomic mass is 31.2. The van der Waals surface area contributed by atoms with E-state index in [9.17, 15) is 9.36 Å². The average molecular weight is 242 g/mol. The zero-order chi connectivity index (χ0) is 12.3. The molecule has 1 aromatic carbocycles. The quantitative estimate of drug-likeness (QED) is 0.479. The number of hydrogen-bond donors (Lipinski definition) is 2. The summed E-state index contributed by atoms with van der Waals surface area (Å²) < 4.78 is 15.1. The van der Waals surface area contributed by atoms with Crippen LogP contribution in [0.5, 0.6) is 0 Å². The lowest BCUT2D eigenvalue weighted by molar-refractivity contribution is 0.0637. The number of rotatable bonds is 3. The number of hydrogen-bond acceptors (Lipinski definition) is 3. The van der Waals surface area contributed by atoms with Gasteiger partial charge in [0.1, 0.15) is 0 Å². The first kappa shape index (κ1) is 12.6. The normalized spacial score (nSPS) is 10.9. The van der Waals surface area contributed by atoms with Crippen LogP contribution >= 0.6 is 7.60 Å². The number of benzene rings is 1. The Kier molecular flexibility index (Phi) is 3.65. The van der Waals surface area contributed by atoms with Crippen LogP contribution in [-0.4, -0.2) is 15.8 Å². The second-order valence-corrected chi connectivity index (χ2v) is 4.78. The summed E-state index contributed by atoms with van der Waals surface area (Å²) in [5.41, 5.74) is 0.323. The van der Waals surface area contributed by atoms with Crippen LogP contribution in [0.2, 0.25) is 0 Å². The van der Waals surface area contributed by atoms with E-state index in [2.05, 4.69) is 11.3 Å². The zero-order valence-corrected chi connectivity index (χ0v) is 9.48. The van der Waals surface area contributed by atoms with Crippen molar-refractivity contribution in [2.75, 3.05) is 0 Å². The number of carbonyl (C=O) groups is 1. The highest BCUT2D eigenvalue weighted by Gasteiger charge is 2.23. The summed E-state index contributed by atoms with van der Waals surface area (Å²) in [6.45, 7) is 4.85. The van der Waals surface area contributed by atoms with E-state index in [0.29, 0.717) is 0 Å². The Hall–Kier alpha value is -1.42. The molecular formula is C10H11O5P. The second-order valence-electron chi connectivity index (χ2n) is 3.19.